The van der Waals surface area contributed by atoms with Crippen LogP contribution in [0.5, 0.6) is 0 Å². The maximum atomic E-state index is 13.0. The first-order valence-corrected chi connectivity index (χ1v) is 7.01. The summed E-state index contributed by atoms with van der Waals surface area (Å²) in [5.74, 6) is -0.672. The number of benzene rings is 1. The van der Waals surface area contributed by atoms with Crippen LogP contribution in [0.4, 0.5) is 13.2 Å². The molecule has 0 radical (unpaired) electrons. The zero-order valence-corrected chi connectivity index (χ0v) is 11.8. The normalized spacial score (nSPS) is 28.0. The molecule has 2 heterocycles. The summed E-state index contributed by atoms with van der Waals surface area (Å²) in [6.45, 7) is 1.15. The number of rotatable bonds is 2. The van der Waals surface area contributed by atoms with Crippen LogP contribution in [0.15, 0.2) is 24.3 Å². The summed E-state index contributed by atoms with van der Waals surface area (Å²) in [6.07, 6.45) is -4.57. The zero-order valence-electron chi connectivity index (χ0n) is 11.8. The highest BCUT2D eigenvalue weighted by Gasteiger charge is 2.52. The van der Waals surface area contributed by atoms with E-state index in [0.717, 1.165) is 6.07 Å². The number of aliphatic hydroxyl groups is 1. The van der Waals surface area contributed by atoms with Gasteiger partial charge in [-0.05, 0) is 12.1 Å². The molecule has 2 fully saturated rings. The predicted octanol–water partition coefficient (Wildman–Crippen LogP) is 1.79. The van der Waals surface area contributed by atoms with Crippen LogP contribution in [-0.4, -0.2) is 48.8 Å². The fourth-order valence-electron chi connectivity index (χ4n) is 3.30. The van der Waals surface area contributed by atoms with Gasteiger partial charge in [-0.3, -0.25) is 4.79 Å². The lowest BCUT2D eigenvalue weighted by Gasteiger charge is -2.24. The minimum Gasteiger partial charge on any atom is -0.396 e. The van der Waals surface area contributed by atoms with Crippen molar-refractivity contribution in [3.8, 4) is 0 Å². The molecule has 120 valence electrons. The summed E-state index contributed by atoms with van der Waals surface area (Å²) in [5, 5.41) is 9.58. The molecule has 2 aliphatic rings. The SMILES string of the molecule is O=C(c1ccccc1C(F)(F)F)N1C[C@H]2COC[C@@]2(CO)C1. The average Bonchev–Trinajstić information content (AvgIpc) is 3.02. The van der Waals surface area contributed by atoms with Gasteiger partial charge in [-0.1, -0.05) is 12.1 Å². The van der Waals surface area contributed by atoms with Crippen molar-refractivity contribution in [1.29, 1.82) is 0 Å². The molecule has 7 heteroatoms. The van der Waals surface area contributed by atoms with Gasteiger partial charge in [-0.15, -0.1) is 0 Å². The topological polar surface area (TPSA) is 49.8 Å². The van der Waals surface area contributed by atoms with Gasteiger partial charge in [0.15, 0.2) is 0 Å². The summed E-state index contributed by atoms with van der Waals surface area (Å²) in [5.41, 5.74) is -1.81. The van der Waals surface area contributed by atoms with Gasteiger partial charge in [-0.2, -0.15) is 13.2 Å². The van der Waals surface area contributed by atoms with Gasteiger partial charge >= 0.3 is 6.18 Å². The van der Waals surface area contributed by atoms with Crippen molar-refractivity contribution in [1.82, 2.24) is 4.90 Å². The molecular weight excluding hydrogens is 299 g/mol. The van der Waals surface area contributed by atoms with E-state index in [1.165, 1.54) is 23.1 Å². The van der Waals surface area contributed by atoms with Crippen LogP contribution in [0.2, 0.25) is 0 Å². The monoisotopic (exact) mass is 315 g/mol. The van der Waals surface area contributed by atoms with Gasteiger partial charge in [0.05, 0.1) is 30.9 Å². The van der Waals surface area contributed by atoms with Gasteiger partial charge in [0, 0.05) is 24.4 Å². The Morgan fingerprint density at radius 1 is 1.41 bits per heavy atom. The molecule has 1 aromatic carbocycles. The molecule has 0 spiro atoms. The standard InChI is InChI=1S/C15H16F3NO3/c16-15(17,18)12-4-2-1-3-11(12)13(21)19-5-10-6-22-9-14(10,7-19)8-20/h1-4,10,20H,5-9H2/t10-,14-/m0/s1. The van der Waals surface area contributed by atoms with Gasteiger partial charge < -0.3 is 14.7 Å². The summed E-state index contributed by atoms with van der Waals surface area (Å²) in [7, 11) is 0. The Labute approximate surface area is 125 Å². The highest BCUT2D eigenvalue weighted by molar-refractivity contribution is 5.96. The molecule has 2 aliphatic heterocycles. The van der Waals surface area contributed by atoms with Crippen LogP contribution < -0.4 is 0 Å². The third-order valence-electron chi connectivity index (χ3n) is 4.59. The maximum absolute atomic E-state index is 13.0. The number of halogens is 3. The predicted molar refractivity (Wildman–Crippen MR) is 71.2 cm³/mol. The number of ether oxygens (including phenoxy) is 1. The Hall–Kier alpha value is -1.60. The second-order valence-corrected chi connectivity index (χ2v) is 5.96. The third kappa shape index (κ3) is 2.38. The fourth-order valence-corrected chi connectivity index (χ4v) is 3.30. The number of hydrogen-bond acceptors (Lipinski definition) is 3. The van der Waals surface area contributed by atoms with E-state index in [4.69, 9.17) is 4.74 Å². The molecule has 1 amide bonds. The number of aliphatic hydroxyl groups excluding tert-OH is 1. The van der Waals surface area contributed by atoms with E-state index in [9.17, 15) is 23.1 Å². The second-order valence-electron chi connectivity index (χ2n) is 5.96. The van der Waals surface area contributed by atoms with E-state index in [1.807, 2.05) is 0 Å². The van der Waals surface area contributed by atoms with Gasteiger partial charge in [0.2, 0.25) is 0 Å². The maximum Gasteiger partial charge on any atom is 0.417 e. The van der Waals surface area contributed by atoms with E-state index in [1.54, 1.807) is 0 Å². The van der Waals surface area contributed by atoms with Crippen molar-refractivity contribution in [3.05, 3.63) is 35.4 Å². The molecular formula is C15H16F3NO3. The number of amides is 1. The van der Waals surface area contributed by atoms with Crippen LogP contribution in [0, 0.1) is 11.3 Å². The molecule has 0 aliphatic carbocycles. The Kier molecular flexibility index (Phi) is 3.65. The molecule has 0 aromatic heterocycles. The molecule has 3 rings (SSSR count). The molecule has 1 aromatic rings. The van der Waals surface area contributed by atoms with Crippen LogP contribution in [0.1, 0.15) is 15.9 Å². The highest BCUT2D eigenvalue weighted by atomic mass is 19.4. The van der Waals surface area contributed by atoms with Crippen molar-refractivity contribution in [2.24, 2.45) is 11.3 Å². The van der Waals surface area contributed by atoms with Crippen molar-refractivity contribution in [3.63, 3.8) is 0 Å². The largest absolute Gasteiger partial charge is 0.417 e. The molecule has 22 heavy (non-hydrogen) atoms. The Balaban J connectivity index is 1.88. The van der Waals surface area contributed by atoms with Gasteiger partial charge in [0.1, 0.15) is 0 Å². The summed E-state index contributed by atoms with van der Waals surface area (Å²) >= 11 is 0. The average molecular weight is 315 g/mol. The lowest BCUT2D eigenvalue weighted by molar-refractivity contribution is -0.138. The number of carbonyl (C=O) groups is 1. The van der Waals surface area contributed by atoms with Crippen LogP contribution >= 0.6 is 0 Å². The Morgan fingerprint density at radius 3 is 2.77 bits per heavy atom. The first kappa shape index (κ1) is 15.3. The Bertz CT molecular complexity index is 590. The Morgan fingerprint density at radius 2 is 2.14 bits per heavy atom. The fraction of sp³-hybridized carbons (Fsp3) is 0.533. The minimum absolute atomic E-state index is 0.0282. The van der Waals surface area contributed by atoms with E-state index >= 15 is 0 Å². The van der Waals surface area contributed by atoms with Crippen LogP contribution in [-0.2, 0) is 10.9 Å². The van der Waals surface area contributed by atoms with Gasteiger partial charge in [0.25, 0.3) is 5.91 Å². The smallest absolute Gasteiger partial charge is 0.396 e. The van der Waals surface area contributed by atoms with Gasteiger partial charge in [-0.25, -0.2) is 0 Å². The highest BCUT2D eigenvalue weighted by Crippen LogP contribution is 2.42. The van der Waals surface area contributed by atoms with Crippen LogP contribution in [0.3, 0.4) is 0 Å². The first-order valence-electron chi connectivity index (χ1n) is 7.01. The van der Waals surface area contributed by atoms with Crippen LogP contribution in [0.25, 0.3) is 0 Å². The van der Waals surface area contributed by atoms with Crippen molar-refractivity contribution in [2.45, 2.75) is 6.18 Å². The third-order valence-corrected chi connectivity index (χ3v) is 4.59. The number of nitrogens with zero attached hydrogens (tertiary/aromatic N) is 1. The molecule has 0 unspecified atom stereocenters. The second kappa shape index (κ2) is 5.24. The molecule has 1 N–H and O–H groups in total. The molecule has 4 nitrogen and oxygen atoms in total. The zero-order chi connectivity index (χ0) is 16.0. The quantitative estimate of drug-likeness (QED) is 0.905. The molecule has 0 saturated carbocycles. The number of alkyl halides is 3. The molecule has 0 bridgehead atoms. The number of carbonyl (C=O) groups excluding carboxylic acids is 1. The van der Waals surface area contributed by atoms with E-state index in [0.29, 0.717) is 19.8 Å². The summed E-state index contributed by atoms with van der Waals surface area (Å²) in [6, 6.07) is 4.79. The summed E-state index contributed by atoms with van der Waals surface area (Å²) in [4.78, 5) is 13.9. The number of fused-ring (bicyclic) bond motifs is 1. The minimum atomic E-state index is -4.57. The lowest BCUT2D eigenvalue weighted by Crippen LogP contribution is -2.36. The summed E-state index contributed by atoms with van der Waals surface area (Å²) < 4.78 is 44.5. The number of likely N-dealkylation sites (tertiary alicyclic amines) is 1. The van der Waals surface area contributed by atoms with Crippen molar-refractivity contribution in [2.75, 3.05) is 32.9 Å². The van der Waals surface area contributed by atoms with Crippen molar-refractivity contribution < 1.29 is 27.8 Å². The number of hydrogen-bond donors (Lipinski definition) is 1. The van der Waals surface area contributed by atoms with E-state index in [-0.39, 0.29) is 24.6 Å². The molecule has 2 atom stereocenters. The first-order chi connectivity index (χ1) is 10.4. The van der Waals surface area contributed by atoms with E-state index in [2.05, 4.69) is 0 Å². The van der Waals surface area contributed by atoms with Crippen molar-refractivity contribution >= 4 is 5.91 Å². The lowest BCUT2D eigenvalue weighted by atomic mass is 9.82. The molecule has 2 saturated heterocycles. The van der Waals surface area contributed by atoms with E-state index < -0.39 is 23.1 Å².